The Kier molecular flexibility index (Phi) is 11.1. The molecule has 2 aliphatic heterocycles. The van der Waals surface area contributed by atoms with E-state index in [0.717, 1.165) is 129 Å². The van der Waals surface area contributed by atoms with Gasteiger partial charge in [-0.3, -0.25) is 0 Å². The number of carboxylic acids is 1. The smallest absolute Gasteiger partial charge is 0.335 e. The molecule has 70 heavy (non-hydrogen) atoms. The number of aromatic carboxylic acids is 1. The lowest BCUT2D eigenvalue weighted by atomic mass is 9.92. The number of benzene rings is 6. The van der Waals surface area contributed by atoms with E-state index in [9.17, 15) is 9.90 Å². The van der Waals surface area contributed by atoms with Crippen molar-refractivity contribution in [3.63, 3.8) is 0 Å². The number of para-hydroxylation sites is 2. The normalized spacial score (nSPS) is 11.9. The lowest BCUT2D eigenvalue weighted by Crippen LogP contribution is -2.09. The van der Waals surface area contributed by atoms with Gasteiger partial charge in [0.15, 0.2) is 0 Å². The minimum absolute atomic E-state index is 0.219. The van der Waals surface area contributed by atoms with Gasteiger partial charge in [-0.15, -0.1) is 0 Å². The number of hydrogen-bond donors (Lipinski definition) is 3. The highest BCUT2D eigenvalue weighted by Crippen LogP contribution is 2.42. The summed E-state index contributed by atoms with van der Waals surface area (Å²) in [6, 6.07) is 54.3. The lowest BCUT2D eigenvalue weighted by Gasteiger charge is -2.25. The Morgan fingerprint density at radius 2 is 0.729 bits per heavy atom. The molecule has 6 aromatic carbocycles. The van der Waals surface area contributed by atoms with Gasteiger partial charge in [0.05, 0.1) is 28.3 Å². The molecule has 7 nitrogen and oxygen atoms in total. The van der Waals surface area contributed by atoms with Crippen LogP contribution in [0.1, 0.15) is 66.5 Å². The summed E-state index contributed by atoms with van der Waals surface area (Å²) in [5.41, 5.74) is 25.1. The Bertz CT molecular complexity index is 3640. The molecule has 340 valence electrons. The van der Waals surface area contributed by atoms with E-state index in [1.54, 1.807) is 12.1 Å². The van der Waals surface area contributed by atoms with Gasteiger partial charge in [0.2, 0.25) is 0 Å². The van der Waals surface area contributed by atoms with Crippen LogP contribution in [0.4, 0.5) is 17.1 Å². The van der Waals surface area contributed by atoms with Crippen molar-refractivity contribution >= 4 is 69.4 Å². The first kappa shape index (κ1) is 43.7. The maximum atomic E-state index is 12.0. The fraction of sp³-hybridized carbons (Fsp3) is 0.0952. The summed E-state index contributed by atoms with van der Waals surface area (Å²) in [4.78, 5) is 33.2. The van der Waals surface area contributed by atoms with Crippen molar-refractivity contribution in [1.29, 1.82) is 0 Å². The third-order valence-corrected chi connectivity index (χ3v) is 13.5. The molecular weight excluding hydrogens is 859 g/mol. The van der Waals surface area contributed by atoms with Gasteiger partial charge in [-0.2, -0.15) is 0 Å². The summed E-state index contributed by atoms with van der Waals surface area (Å²) in [6.07, 6.45) is 8.47. The van der Waals surface area contributed by atoms with E-state index in [-0.39, 0.29) is 5.56 Å². The summed E-state index contributed by atoms with van der Waals surface area (Å²) in [5, 5.41) is 9.87. The van der Waals surface area contributed by atoms with Gasteiger partial charge in [0, 0.05) is 61.4 Å². The molecule has 3 N–H and O–H groups in total. The number of rotatable bonds is 8. The molecule has 0 unspecified atom stereocenters. The number of H-pyrrole nitrogens is 2. The molecule has 3 aromatic heterocycles. The number of carbonyl (C=O) groups is 1. The quantitative estimate of drug-likeness (QED) is 0.141. The van der Waals surface area contributed by atoms with E-state index >= 15 is 0 Å². The molecule has 0 aliphatic carbocycles. The maximum Gasteiger partial charge on any atom is 0.335 e. The summed E-state index contributed by atoms with van der Waals surface area (Å²) in [7, 11) is 0. The van der Waals surface area contributed by atoms with Crippen molar-refractivity contribution in [2.24, 2.45) is 0 Å². The van der Waals surface area contributed by atoms with Crippen LogP contribution in [-0.2, 0) is 0 Å². The Balaban J connectivity index is 1.25. The number of aromatic amines is 2. The number of nitrogens with zero attached hydrogens (tertiary/aromatic N) is 3. The Morgan fingerprint density at radius 3 is 1.10 bits per heavy atom. The second kappa shape index (κ2) is 17.7. The van der Waals surface area contributed by atoms with Crippen LogP contribution in [0.2, 0.25) is 0 Å². The first-order valence-electron chi connectivity index (χ1n) is 23.7. The van der Waals surface area contributed by atoms with Gasteiger partial charge < -0.3 is 20.0 Å². The predicted molar refractivity (Wildman–Crippen MR) is 291 cm³/mol. The van der Waals surface area contributed by atoms with Crippen molar-refractivity contribution in [3.05, 3.63) is 219 Å². The number of aromatic nitrogens is 4. The van der Waals surface area contributed by atoms with Crippen LogP contribution in [0, 0.1) is 41.5 Å². The number of nitrogens with one attached hydrogen (secondary N) is 2. The highest BCUT2D eigenvalue weighted by atomic mass is 16.4. The Labute approximate surface area is 407 Å². The topological polar surface area (TPSA) is 97.9 Å². The average molecular weight is 910 g/mol. The van der Waals surface area contributed by atoms with E-state index in [4.69, 9.17) is 9.97 Å². The molecule has 0 saturated heterocycles. The minimum atomic E-state index is -0.973. The third kappa shape index (κ3) is 7.91. The fourth-order valence-corrected chi connectivity index (χ4v) is 10.6. The number of carboxylic acid groups (broad SMARTS) is 1. The summed E-state index contributed by atoms with van der Waals surface area (Å²) in [6.45, 7) is 13.0. The van der Waals surface area contributed by atoms with Crippen LogP contribution in [-0.4, -0.2) is 31.0 Å². The van der Waals surface area contributed by atoms with Crippen LogP contribution in [0.5, 0.6) is 0 Å². The molecular formula is C63H51N5O2. The Morgan fingerprint density at radius 1 is 0.400 bits per heavy atom. The standard InChI is InChI=1S/C63H51N5O2/c1-37-33-39(3)57(40(4)34-37)61-53-29-25-49(64-53)59(43-17-19-45(20-18-43)63(69)70)50-26-30-54(65-50)62(58-41(5)35-38(2)36-42(58)6)56-32-28-52(67-56)60(51-27-31-55(61)66-51)44-21-23-48(24-22-44)68(46-13-9-7-10-14-46)47-15-11-8-12-16-47/h7-36,64,67H,1-6H3,(H,69,70). The molecule has 7 heteroatoms. The molecule has 0 atom stereocenters. The molecule has 0 radical (unpaired) electrons. The molecule has 2 aliphatic rings. The second-order valence-corrected chi connectivity index (χ2v) is 18.5. The molecule has 8 bridgehead atoms. The second-order valence-electron chi connectivity index (χ2n) is 18.5. The van der Waals surface area contributed by atoms with E-state index in [1.807, 2.05) is 24.3 Å². The van der Waals surface area contributed by atoms with E-state index in [1.165, 1.54) is 11.1 Å². The molecule has 0 amide bonds. The van der Waals surface area contributed by atoms with Crippen LogP contribution >= 0.6 is 0 Å². The van der Waals surface area contributed by atoms with Gasteiger partial charge in [-0.1, -0.05) is 96.1 Å². The fourth-order valence-electron chi connectivity index (χ4n) is 10.6. The van der Waals surface area contributed by atoms with Crippen LogP contribution in [0.3, 0.4) is 0 Å². The van der Waals surface area contributed by atoms with Crippen molar-refractivity contribution < 1.29 is 9.90 Å². The summed E-state index contributed by atoms with van der Waals surface area (Å²) in [5.74, 6) is -0.973. The maximum absolute atomic E-state index is 12.0. The molecule has 0 saturated carbocycles. The van der Waals surface area contributed by atoms with Crippen LogP contribution in [0.25, 0.3) is 90.9 Å². The third-order valence-electron chi connectivity index (χ3n) is 13.5. The van der Waals surface area contributed by atoms with Crippen LogP contribution < -0.4 is 4.90 Å². The van der Waals surface area contributed by atoms with Gasteiger partial charge >= 0.3 is 5.97 Å². The SMILES string of the molecule is Cc1cc(C)c(-c2c3nc(c(-c4ccc(N(c5ccccc5)c5ccccc5)cc4)c4ccc([nH]4)c(-c4c(C)cc(C)cc4C)c4nc(c(-c5ccc(C(=O)O)cc5)c5ccc2[nH]5)C=C4)C=C3)c(C)c1. The number of anilines is 3. The van der Waals surface area contributed by atoms with Crippen molar-refractivity contribution in [1.82, 2.24) is 19.9 Å². The van der Waals surface area contributed by atoms with Crippen molar-refractivity contribution in [2.45, 2.75) is 41.5 Å². The number of fused-ring (bicyclic) bond motifs is 8. The van der Waals surface area contributed by atoms with Gasteiger partial charge in [0.25, 0.3) is 0 Å². The van der Waals surface area contributed by atoms with Gasteiger partial charge in [0.1, 0.15) is 0 Å². The Hall–Kier alpha value is -8.81. The summed E-state index contributed by atoms with van der Waals surface area (Å²) < 4.78 is 0. The zero-order chi connectivity index (χ0) is 48.2. The average Bonchev–Trinajstić information content (AvgIpc) is 4.20. The van der Waals surface area contributed by atoms with E-state index in [2.05, 4.69) is 202 Å². The van der Waals surface area contributed by atoms with Crippen molar-refractivity contribution in [3.8, 4) is 44.5 Å². The highest BCUT2D eigenvalue weighted by Gasteiger charge is 2.22. The molecule has 0 spiro atoms. The number of aryl methyl sites for hydroxylation is 6. The first-order valence-corrected chi connectivity index (χ1v) is 23.7. The zero-order valence-electron chi connectivity index (χ0n) is 40.0. The largest absolute Gasteiger partial charge is 0.478 e. The highest BCUT2D eigenvalue weighted by molar-refractivity contribution is 6.01. The summed E-state index contributed by atoms with van der Waals surface area (Å²) >= 11 is 0. The van der Waals surface area contributed by atoms with Crippen molar-refractivity contribution in [2.75, 3.05) is 4.90 Å². The minimum Gasteiger partial charge on any atom is -0.478 e. The molecule has 11 rings (SSSR count). The monoisotopic (exact) mass is 909 g/mol. The van der Waals surface area contributed by atoms with E-state index < -0.39 is 5.97 Å². The van der Waals surface area contributed by atoms with Gasteiger partial charge in [-0.25, -0.2) is 14.8 Å². The zero-order valence-corrected chi connectivity index (χ0v) is 40.0. The number of hydrogen-bond acceptors (Lipinski definition) is 4. The predicted octanol–water partition coefficient (Wildman–Crippen LogP) is 16.3. The molecule has 9 aromatic rings. The van der Waals surface area contributed by atoms with Crippen LogP contribution in [0.15, 0.2) is 158 Å². The lowest BCUT2D eigenvalue weighted by molar-refractivity contribution is 0.0697. The first-order chi connectivity index (χ1) is 34.0. The molecule has 5 heterocycles. The molecule has 0 fully saturated rings. The van der Waals surface area contributed by atoms with E-state index in [0.29, 0.717) is 0 Å². The van der Waals surface area contributed by atoms with Gasteiger partial charge in [-0.05, 0) is 183 Å².